The number of nitrogens with zero attached hydrogens (tertiary/aromatic N) is 1. The van der Waals surface area contributed by atoms with Gasteiger partial charge in [0.05, 0.1) is 7.11 Å². The van der Waals surface area contributed by atoms with Crippen LogP contribution < -0.4 is 10.1 Å². The molecule has 0 aliphatic heterocycles. The van der Waals surface area contributed by atoms with Crippen molar-refractivity contribution in [3.8, 4) is 5.75 Å². The molecular formula is C19H22N2O2. The molecule has 0 saturated heterocycles. The maximum absolute atomic E-state index is 12.3. The van der Waals surface area contributed by atoms with Crippen LogP contribution in [0.15, 0.2) is 42.6 Å². The van der Waals surface area contributed by atoms with E-state index in [0.29, 0.717) is 18.4 Å². The zero-order chi connectivity index (χ0) is 15.8. The van der Waals surface area contributed by atoms with Crippen LogP contribution >= 0.6 is 0 Å². The van der Waals surface area contributed by atoms with E-state index in [-0.39, 0.29) is 5.91 Å². The number of allylic oxidation sites excluding steroid dienone is 2. The fourth-order valence-corrected chi connectivity index (χ4v) is 4.03. The predicted molar refractivity (Wildman–Crippen MR) is 90.3 cm³/mol. The molecule has 1 aromatic heterocycles. The SMILES string of the molecule is COc1ccc2c(ccn2CC(=O)NC[C@H]2C[C@H]3C=C[C@H]2C3)c1. The number of benzene rings is 1. The molecular weight excluding hydrogens is 288 g/mol. The Kier molecular flexibility index (Phi) is 3.60. The highest BCUT2D eigenvalue weighted by Crippen LogP contribution is 2.42. The van der Waals surface area contributed by atoms with Gasteiger partial charge < -0.3 is 14.6 Å². The maximum atomic E-state index is 12.3. The molecule has 2 bridgehead atoms. The molecule has 4 rings (SSSR count). The van der Waals surface area contributed by atoms with Crippen molar-refractivity contribution < 1.29 is 9.53 Å². The zero-order valence-corrected chi connectivity index (χ0v) is 13.4. The van der Waals surface area contributed by atoms with Gasteiger partial charge in [0, 0.05) is 23.6 Å². The first-order valence-corrected chi connectivity index (χ1v) is 8.31. The number of carbonyl (C=O) groups excluding carboxylic acids is 1. The number of aromatic nitrogens is 1. The third kappa shape index (κ3) is 2.74. The van der Waals surface area contributed by atoms with Gasteiger partial charge in [0.1, 0.15) is 12.3 Å². The molecule has 0 spiro atoms. The molecule has 120 valence electrons. The fourth-order valence-electron chi connectivity index (χ4n) is 4.03. The average molecular weight is 310 g/mol. The van der Waals surface area contributed by atoms with Crippen LogP contribution in [-0.2, 0) is 11.3 Å². The number of rotatable bonds is 5. The van der Waals surface area contributed by atoms with E-state index in [1.165, 1.54) is 12.8 Å². The molecule has 0 radical (unpaired) electrons. The number of hydrogen-bond donors (Lipinski definition) is 1. The third-order valence-corrected chi connectivity index (χ3v) is 5.27. The van der Waals surface area contributed by atoms with Crippen LogP contribution in [-0.4, -0.2) is 24.1 Å². The van der Waals surface area contributed by atoms with E-state index >= 15 is 0 Å². The van der Waals surface area contributed by atoms with Crippen molar-refractivity contribution in [2.24, 2.45) is 17.8 Å². The molecule has 1 saturated carbocycles. The van der Waals surface area contributed by atoms with E-state index in [1.54, 1.807) is 7.11 Å². The van der Waals surface area contributed by atoms with Crippen LogP contribution in [0, 0.1) is 17.8 Å². The van der Waals surface area contributed by atoms with Gasteiger partial charge in [-0.2, -0.15) is 0 Å². The summed E-state index contributed by atoms with van der Waals surface area (Å²) in [4.78, 5) is 12.3. The van der Waals surface area contributed by atoms with E-state index < -0.39 is 0 Å². The van der Waals surface area contributed by atoms with E-state index in [2.05, 4.69) is 17.5 Å². The molecule has 2 aliphatic carbocycles. The van der Waals surface area contributed by atoms with Crippen molar-refractivity contribution >= 4 is 16.8 Å². The Bertz CT molecular complexity index is 762. The van der Waals surface area contributed by atoms with Gasteiger partial charge in [0.25, 0.3) is 0 Å². The summed E-state index contributed by atoms with van der Waals surface area (Å²) in [5.41, 5.74) is 1.06. The van der Waals surface area contributed by atoms with Crippen LogP contribution in [0.1, 0.15) is 12.8 Å². The summed E-state index contributed by atoms with van der Waals surface area (Å²) in [6.45, 7) is 1.17. The van der Waals surface area contributed by atoms with Crippen LogP contribution in [0.3, 0.4) is 0 Å². The van der Waals surface area contributed by atoms with Crippen LogP contribution in [0.25, 0.3) is 10.9 Å². The lowest BCUT2D eigenvalue weighted by Crippen LogP contribution is -2.33. The Hall–Kier alpha value is -2.23. The van der Waals surface area contributed by atoms with Gasteiger partial charge in [-0.1, -0.05) is 12.2 Å². The number of nitrogens with one attached hydrogen (secondary N) is 1. The number of carbonyl (C=O) groups is 1. The summed E-state index contributed by atoms with van der Waals surface area (Å²) in [6.07, 6.45) is 9.14. The lowest BCUT2D eigenvalue weighted by Gasteiger charge is -2.18. The zero-order valence-electron chi connectivity index (χ0n) is 13.4. The Morgan fingerprint density at radius 3 is 2.96 bits per heavy atom. The molecule has 23 heavy (non-hydrogen) atoms. The number of hydrogen-bond acceptors (Lipinski definition) is 2. The molecule has 2 aromatic rings. The molecule has 0 unspecified atom stereocenters. The van der Waals surface area contributed by atoms with Gasteiger partial charge in [-0.25, -0.2) is 0 Å². The van der Waals surface area contributed by atoms with Gasteiger partial charge in [0.2, 0.25) is 5.91 Å². The highest BCUT2D eigenvalue weighted by molar-refractivity contribution is 5.84. The van der Waals surface area contributed by atoms with Gasteiger partial charge in [-0.05, 0) is 54.9 Å². The third-order valence-electron chi connectivity index (χ3n) is 5.27. The van der Waals surface area contributed by atoms with Crippen LogP contribution in [0.5, 0.6) is 5.75 Å². The lowest BCUT2D eigenvalue weighted by molar-refractivity contribution is -0.121. The van der Waals surface area contributed by atoms with Crippen molar-refractivity contribution in [1.29, 1.82) is 0 Å². The maximum Gasteiger partial charge on any atom is 0.239 e. The second-order valence-corrected chi connectivity index (χ2v) is 6.71. The topological polar surface area (TPSA) is 43.3 Å². The largest absolute Gasteiger partial charge is 0.497 e. The summed E-state index contributed by atoms with van der Waals surface area (Å²) < 4.78 is 7.23. The second kappa shape index (κ2) is 5.76. The Morgan fingerprint density at radius 1 is 1.30 bits per heavy atom. The summed E-state index contributed by atoms with van der Waals surface area (Å²) in [5, 5.41) is 4.21. The first-order chi connectivity index (χ1) is 11.2. The molecule has 4 nitrogen and oxygen atoms in total. The molecule has 4 heteroatoms. The van der Waals surface area contributed by atoms with Crippen molar-refractivity contribution in [2.45, 2.75) is 19.4 Å². The standard InChI is InChI=1S/C19H22N2O2/c1-23-17-4-5-18-15(10-17)6-7-21(18)12-19(22)20-11-16-9-13-2-3-14(16)8-13/h2-7,10,13-14,16H,8-9,11-12H2,1H3,(H,20,22)/t13-,14-,16+/m0/s1. The molecule has 1 fully saturated rings. The van der Waals surface area contributed by atoms with Gasteiger partial charge in [-0.3, -0.25) is 4.79 Å². The molecule has 1 aromatic carbocycles. The monoisotopic (exact) mass is 310 g/mol. The van der Waals surface area contributed by atoms with Gasteiger partial charge in [-0.15, -0.1) is 0 Å². The lowest BCUT2D eigenvalue weighted by atomic mass is 9.94. The van der Waals surface area contributed by atoms with Crippen molar-refractivity contribution in [1.82, 2.24) is 9.88 Å². The quantitative estimate of drug-likeness (QED) is 0.863. The van der Waals surface area contributed by atoms with E-state index in [0.717, 1.165) is 29.1 Å². The fraction of sp³-hybridized carbons (Fsp3) is 0.421. The molecule has 1 N–H and O–H groups in total. The Labute approximate surface area is 136 Å². The molecule has 1 heterocycles. The summed E-state index contributed by atoms with van der Waals surface area (Å²) in [5.74, 6) is 2.99. The van der Waals surface area contributed by atoms with Crippen molar-refractivity contribution in [3.63, 3.8) is 0 Å². The number of methoxy groups -OCH3 is 1. The number of ether oxygens (including phenoxy) is 1. The Morgan fingerprint density at radius 2 is 2.22 bits per heavy atom. The summed E-state index contributed by atoms with van der Waals surface area (Å²) >= 11 is 0. The van der Waals surface area contributed by atoms with E-state index in [1.807, 2.05) is 35.0 Å². The number of fused-ring (bicyclic) bond motifs is 3. The number of amides is 1. The predicted octanol–water partition coefficient (Wildman–Crippen LogP) is 2.98. The Balaban J connectivity index is 1.38. The first-order valence-electron chi connectivity index (χ1n) is 8.31. The molecule has 1 amide bonds. The first kappa shape index (κ1) is 14.4. The average Bonchev–Trinajstić information content (AvgIpc) is 3.28. The van der Waals surface area contributed by atoms with Crippen LogP contribution in [0.2, 0.25) is 0 Å². The summed E-state index contributed by atoms with van der Waals surface area (Å²) in [6, 6.07) is 7.94. The minimum atomic E-state index is 0.0880. The minimum absolute atomic E-state index is 0.0880. The van der Waals surface area contributed by atoms with Gasteiger partial charge >= 0.3 is 0 Å². The van der Waals surface area contributed by atoms with Crippen molar-refractivity contribution in [2.75, 3.05) is 13.7 Å². The van der Waals surface area contributed by atoms with Crippen LogP contribution in [0.4, 0.5) is 0 Å². The highest BCUT2D eigenvalue weighted by Gasteiger charge is 2.35. The van der Waals surface area contributed by atoms with E-state index in [9.17, 15) is 4.79 Å². The molecule has 3 atom stereocenters. The van der Waals surface area contributed by atoms with E-state index in [4.69, 9.17) is 4.74 Å². The second-order valence-electron chi connectivity index (χ2n) is 6.71. The minimum Gasteiger partial charge on any atom is -0.497 e. The van der Waals surface area contributed by atoms with Crippen molar-refractivity contribution in [3.05, 3.63) is 42.6 Å². The summed E-state index contributed by atoms with van der Waals surface area (Å²) in [7, 11) is 1.66. The smallest absolute Gasteiger partial charge is 0.239 e. The van der Waals surface area contributed by atoms with Gasteiger partial charge in [0.15, 0.2) is 0 Å². The highest BCUT2D eigenvalue weighted by atomic mass is 16.5. The molecule has 2 aliphatic rings. The normalized spacial score (nSPS) is 25.2.